The summed E-state index contributed by atoms with van der Waals surface area (Å²) in [5.41, 5.74) is 4.38. The van der Waals surface area contributed by atoms with Gasteiger partial charge in [0, 0.05) is 60.7 Å². The monoisotopic (exact) mass is 341 g/mol. The first-order valence-corrected chi connectivity index (χ1v) is 8.97. The van der Waals surface area contributed by atoms with E-state index in [9.17, 15) is 5.11 Å². The highest BCUT2D eigenvalue weighted by atomic mass is 31.0. The van der Waals surface area contributed by atoms with Crippen molar-refractivity contribution >= 4 is 20.2 Å². The van der Waals surface area contributed by atoms with Crippen molar-refractivity contribution in [1.29, 1.82) is 0 Å². The molecule has 0 radical (unpaired) electrons. The van der Waals surface area contributed by atoms with Crippen LogP contribution in [0.5, 0.6) is 5.75 Å². The Hall–Kier alpha value is -1.90. The number of aromatic hydroxyl groups is 1. The van der Waals surface area contributed by atoms with Gasteiger partial charge < -0.3 is 15.3 Å². The van der Waals surface area contributed by atoms with Gasteiger partial charge in [-0.2, -0.15) is 0 Å². The highest BCUT2D eigenvalue weighted by Gasteiger charge is 2.15. The highest BCUT2D eigenvalue weighted by Crippen LogP contribution is 2.27. The van der Waals surface area contributed by atoms with Crippen molar-refractivity contribution in [3.05, 3.63) is 48.3 Å². The normalized spacial score (nSPS) is 15.6. The van der Waals surface area contributed by atoms with Gasteiger partial charge in [-0.3, -0.25) is 4.98 Å². The van der Waals surface area contributed by atoms with Crippen LogP contribution >= 0.6 is 9.24 Å². The zero-order chi connectivity index (χ0) is 16.9. The lowest BCUT2D eigenvalue weighted by atomic mass is 10.0. The van der Waals surface area contributed by atoms with E-state index in [-0.39, 0.29) is 5.75 Å². The SMILES string of the molecule is CC/C=C(/c1cncc(-c2ccc(P)c(O)c2)c1)N1CCNCC1. The zero-order valence-corrected chi connectivity index (χ0v) is 15.2. The molecule has 0 amide bonds. The molecule has 126 valence electrons. The van der Waals surface area contributed by atoms with Crippen molar-refractivity contribution in [2.24, 2.45) is 0 Å². The van der Waals surface area contributed by atoms with Gasteiger partial charge in [0.05, 0.1) is 0 Å². The zero-order valence-electron chi connectivity index (χ0n) is 14.0. The van der Waals surface area contributed by atoms with Crippen LogP contribution < -0.4 is 10.6 Å². The van der Waals surface area contributed by atoms with Crippen molar-refractivity contribution in [2.75, 3.05) is 26.2 Å². The Morgan fingerprint density at radius 1 is 1.25 bits per heavy atom. The van der Waals surface area contributed by atoms with E-state index in [1.165, 1.54) is 5.70 Å². The molecule has 0 spiro atoms. The number of piperazine rings is 1. The predicted octanol–water partition coefficient (Wildman–Crippen LogP) is 2.61. The minimum absolute atomic E-state index is 0.286. The van der Waals surface area contributed by atoms with Gasteiger partial charge in [-0.05, 0) is 24.1 Å². The maximum Gasteiger partial charge on any atom is 0.123 e. The number of pyridine rings is 1. The quantitative estimate of drug-likeness (QED) is 0.840. The molecule has 2 heterocycles. The summed E-state index contributed by atoms with van der Waals surface area (Å²) in [6, 6.07) is 7.86. The first-order valence-electron chi connectivity index (χ1n) is 8.39. The van der Waals surface area contributed by atoms with Crippen LogP contribution in [0.1, 0.15) is 18.9 Å². The number of hydrogen-bond donors (Lipinski definition) is 2. The minimum atomic E-state index is 0.286. The van der Waals surface area contributed by atoms with Gasteiger partial charge in [0.2, 0.25) is 0 Å². The number of phenols is 1. The third kappa shape index (κ3) is 3.77. The van der Waals surface area contributed by atoms with Crippen LogP contribution in [0.25, 0.3) is 16.8 Å². The van der Waals surface area contributed by atoms with Crippen LogP contribution in [0.4, 0.5) is 0 Å². The Balaban J connectivity index is 1.95. The fraction of sp³-hybridized carbons (Fsp3) is 0.316. The van der Waals surface area contributed by atoms with Crippen LogP contribution in [0, 0.1) is 0 Å². The van der Waals surface area contributed by atoms with E-state index in [2.05, 4.69) is 43.5 Å². The fourth-order valence-corrected chi connectivity index (χ4v) is 3.17. The molecule has 0 saturated carbocycles. The smallest absolute Gasteiger partial charge is 0.123 e. The Morgan fingerprint density at radius 2 is 2.04 bits per heavy atom. The summed E-state index contributed by atoms with van der Waals surface area (Å²) < 4.78 is 0. The minimum Gasteiger partial charge on any atom is -0.507 e. The van der Waals surface area contributed by atoms with Crippen LogP contribution in [-0.4, -0.2) is 41.2 Å². The second-order valence-electron chi connectivity index (χ2n) is 5.97. The lowest BCUT2D eigenvalue weighted by Crippen LogP contribution is -2.42. The largest absolute Gasteiger partial charge is 0.507 e. The summed E-state index contributed by atoms with van der Waals surface area (Å²) in [5.74, 6) is 0.286. The maximum atomic E-state index is 9.96. The Kier molecular flexibility index (Phi) is 5.49. The van der Waals surface area contributed by atoms with Crippen molar-refractivity contribution in [3.63, 3.8) is 0 Å². The second-order valence-corrected chi connectivity index (χ2v) is 6.59. The van der Waals surface area contributed by atoms with Crippen LogP contribution in [-0.2, 0) is 0 Å². The third-order valence-corrected chi connectivity index (χ3v) is 4.74. The summed E-state index contributed by atoms with van der Waals surface area (Å²) in [7, 11) is 2.53. The molecule has 1 saturated heterocycles. The van der Waals surface area contributed by atoms with Gasteiger partial charge in [-0.1, -0.05) is 25.1 Å². The molecule has 2 N–H and O–H groups in total. The molecule has 5 heteroatoms. The first kappa shape index (κ1) is 16.9. The number of benzene rings is 1. The average molecular weight is 341 g/mol. The Bertz CT molecular complexity index is 739. The summed E-state index contributed by atoms with van der Waals surface area (Å²) in [5, 5.41) is 14.2. The predicted molar refractivity (Wildman–Crippen MR) is 103 cm³/mol. The number of nitrogens with one attached hydrogen (secondary N) is 1. The summed E-state index contributed by atoms with van der Waals surface area (Å²) in [6.45, 7) is 6.21. The molecule has 3 rings (SSSR count). The number of aromatic nitrogens is 1. The fourth-order valence-electron chi connectivity index (χ4n) is 2.99. The molecule has 24 heavy (non-hydrogen) atoms. The van der Waals surface area contributed by atoms with E-state index in [0.717, 1.165) is 54.6 Å². The Morgan fingerprint density at radius 3 is 2.75 bits per heavy atom. The summed E-state index contributed by atoms with van der Waals surface area (Å²) >= 11 is 0. The lowest BCUT2D eigenvalue weighted by Gasteiger charge is -2.32. The van der Waals surface area contributed by atoms with E-state index in [0.29, 0.717) is 0 Å². The van der Waals surface area contributed by atoms with Gasteiger partial charge in [-0.15, -0.1) is 9.24 Å². The molecule has 4 nitrogen and oxygen atoms in total. The molecule has 1 aliphatic heterocycles. The molecule has 1 aromatic heterocycles. The molecule has 0 bridgehead atoms. The third-order valence-electron chi connectivity index (χ3n) is 4.25. The molecule has 2 aromatic rings. The van der Waals surface area contributed by atoms with Gasteiger partial charge in [-0.25, -0.2) is 0 Å². The van der Waals surface area contributed by atoms with E-state index < -0.39 is 0 Å². The molecule has 1 atom stereocenters. The van der Waals surface area contributed by atoms with Crippen molar-refractivity contribution in [1.82, 2.24) is 15.2 Å². The van der Waals surface area contributed by atoms with Crippen LogP contribution in [0.2, 0.25) is 0 Å². The van der Waals surface area contributed by atoms with E-state index in [4.69, 9.17) is 0 Å². The maximum absolute atomic E-state index is 9.96. The van der Waals surface area contributed by atoms with Crippen molar-refractivity contribution < 1.29 is 5.11 Å². The molecular weight excluding hydrogens is 317 g/mol. The van der Waals surface area contributed by atoms with Gasteiger partial charge in [0.15, 0.2) is 0 Å². The summed E-state index contributed by atoms with van der Waals surface area (Å²) in [6.07, 6.45) is 7.04. The van der Waals surface area contributed by atoms with E-state index >= 15 is 0 Å². The first-order chi connectivity index (χ1) is 11.7. The molecule has 1 fully saturated rings. The number of hydrogen-bond acceptors (Lipinski definition) is 4. The highest BCUT2D eigenvalue weighted by molar-refractivity contribution is 7.27. The number of phenolic OH excluding ortho intramolecular Hbond substituents is 1. The van der Waals surface area contributed by atoms with Crippen LogP contribution in [0.15, 0.2) is 42.7 Å². The lowest BCUT2D eigenvalue weighted by molar-refractivity contribution is 0.340. The molecule has 1 aromatic carbocycles. The number of nitrogens with zero attached hydrogens (tertiary/aromatic N) is 2. The topological polar surface area (TPSA) is 48.4 Å². The molecule has 1 aliphatic rings. The van der Waals surface area contributed by atoms with Gasteiger partial charge in [0.25, 0.3) is 0 Å². The van der Waals surface area contributed by atoms with E-state index in [1.807, 2.05) is 24.5 Å². The standard InChI is InChI=1S/C19H24N3OP/c1-2-3-17(22-8-6-20-7-9-22)16-10-15(12-21-13-16)14-4-5-19(24)18(23)11-14/h3-5,10-13,20,23H,2,6-9,24H2,1H3/b17-3-. The molecule has 0 aliphatic carbocycles. The van der Waals surface area contributed by atoms with Gasteiger partial charge in [0.1, 0.15) is 5.75 Å². The summed E-state index contributed by atoms with van der Waals surface area (Å²) in [4.78, 5) is 6.86. The second kappa shape index (κ2) is 7.78. The van der Waals surface area contributed by atoms with Crippen molar-refractivity contribution in [2.45, 2.75) is 13.3 Å². The van der Waals surface area contributed by atoms with Crippen LogP contribution in [0.3, 0.4) is 0 Å². The number of rotatable bonds is 4. The molecule has 1 unspecified atom stereocenters. The van der Waals surface area contributed by atoms with Gasteiger partial charge >= 0.3 is 0 Å². The van der Waals surface area contributed by atoms with Crippen molar-refractivity contribution in [3.8, 4) is 16.9 Å². The number of allylic oxidation sites excluding steroid dienone is 1. The molecular formula is C19H24N3OP. The van der Waals surface area contributed by atoms with E-state index in [1.54, 1.807) is 6.07 Å². The average Bonchev–Trinajstić information content (AvgIpc) is 2.63. The Labute approximate surface area is 145 Å².